The third-order valence-corrected chi connectivity index (χ3v) is 7.13. The Bertz CT molecular complexity index is 1320. The summed E-state index contributed by atoms with van der Waals surface area (Å²) in [7, 11) is -0.418. The van der Waals surface area contributed by atoms with Gasteiger partial charge in [-0.2, -0.15) is 5.10 Å². The monoisotopic (exact) mass is 484 g/mol. The van der Waals surface area contributed by atoms with Crippen molar-refractivity contribution in [3.05, 3.63) is 76.1 Å². The smallest absolute Gasteiger partial charge is 0.283 e. The van der Waals surface area contributed by atoms with Gasteiger partial charge in [-0.15, -0.1) is 0 Å². The molecule has 34 heavy (non-hydrogen) atoms. The molecule has 0 unspecified atom stereocenters. The van der Waals surface area contributed by atoms with E-state index in [-0.39, 0.29) is 17.4 Å². The summed E-state index contributed by atoms with van der Waals surface area (Å²) in [5.41, 5.74) is 5.76. The van der Waals surface area contributed by atoms with Gasteiger partial charge in [0.25, 0.3) is 15.9 Å². The van der Waals surface area contributed by atoms with E-state index in [1.807, 2.05) is 55.6 Å². The number of amides is 1. The molecule has 3 rings (SSSR count). The lowest BCUT2D eigenvalue weighted by Gasteiger charge is -2.15. The van der Waals surface area contributed by atoms with Crippen LogP contribution in [0.5, 0.6) is 0 Å². The zero-order chi connectivity index (χ0) is 25.4. The van der Waals surface area contributed by atoms with Crippen molar-refractivity contribution < 1.29 is 14.6 Å². The number of carbonyl (C=O) groups excluding carboxylic acids is 1. The maximum atomic E-state index is 13.3. The maximum absolute atomic E-state index is 13.3. The van der Waals surface area contributed by atoms with Gasteiger partial charge in [-0.3, -0.25) is 9.48 Å². The number of anilines is 1. The summed E-state index contributed by atoms with van der Waals surface area (Å²) in [6, 6.07) is 12.3. The van der Waals surface area contributed by atoms with Crippen LogP contribution in [0, 0.1) is 20.8 Å². The Balaban J connectivity index is 0.00000432. The lowest BCUT2D eigenvalue weighted by molar-refractivity contribution is 0.0971. The van der Waals surface area contributed by atoms with Crippen LogP contribution in [0.1, 0.15) is 60.6 Å². The molecule has 1 heterocycles. The standard InChI is InChI=1S/C26H34N4O3S.H2/c1-17-12-18(2)22(19(3)13-17)16-30-23(15-24(27-30)26(4,5)6)25(31)28-34(32,33)21-11-9-10-20(14-21)29(7)8;/h9-15H,16H2,1-8H3,(H,28,31);1H. The van der Waals surface area contributed by atoms with E-state index < -0.39 is 15.9 Å². The molecule has 0 atom stereocenters. The topological polar surface area (TPSA) is 84.3 Å². The normalized spacial score (nSPS) is 12.0. The average molecular weight is 485 g/mol. The van der Waals surface area contributed by atoms with E-state index in [0.717, 1.165) is 22.4 Å². The fraction of sp³-hybridized carbons (Fsp3) is 0.385. The van der Waals surface area contributed by atoms with Gasteiger partial charge in [0.2, 0.25) is 0 Å². The maximum Gasteiger partial charge on any atom is 0.283 e. The molecule has 7 nitrogen and oxygen atoms in total. The van der Waals surface area contributed by atoms with E-state index in [0.29, 0.717) is 12.2 Å². The minimum absolute atomic E-state index is 0. The lowest BCUT2D eigenvalue weighted by atomic mass is 9.92. The number of nitrogens with one attached hydrogen (secondary N) is 1. The first-order valence-corrected chi connectivity index (χ1v) is 12.7. The molecule has 1 amide bonds. The summed E-state index contributed by atoms with van der Waals surface area (Å²) in [6.45, 7) is 12.5. The third kappa shape index (κ3) is 5.50. The highest BCUT2D eigenvalue weighted by molar-refractivity contribution is 7.90. The largest absolute Gasteiger partial charge is 0.378 e. The van der Waals surface area contributed by atoms with Crippen molar-refractivity contribution in [2.75, 3.05) is 19.0 Å². The Labute approximate surface area is 204 Å². The molecule has 0 saturated carbocycles. The number of aryl methyl sites for hydroxylation is 3. The van der Waals surface area contributed by atoms with E-state index in [1.165, 1.54) is 17.7 Å². The van der Waals surface area contributed by atoms with Crippen molar-refractivity contribution in [2.24, 2.45) is 0 Å². The molecule has 8 heteroatoms. The van der Waals surface area contributed by atoms with Crippen LogP contribution in [-0.2, 0) is 22.0 Å². The Morgan fingerprint density at radius 2 is 1.68 bits per heavy atom. The fourth-order valence-corrected chi connectivity index (χ4v) is 4.86. The van der Waals surface area contributed by atoms with Gasteiger partial charge in [0.15, 0.2) is 0 Å². The van der Waals surface area contributed by atoms with Gasteiger partial charge < -0.3 is 4.90 Å². The third-order valence-electron chi connectivity index (χ3n) is 5.80. The zero-order valence-electron chi connectivity index (χ0n) is 21.2. The Morgan fingerprint density at radius 1 is 1.06 bits per heavy atom. The molecule has 0 aliphatic rings. The fourth-order valence-electron chi connectivity index (χ4n) is 3.86. The van der Waals surface area contributed by atoms with Crippen LogP contribution in [0.15, 0.2) is 47.4 Å². The molecule has 0 aliphatic carbocycles. The molecule has 184 valence electrons. The summed E-state index contributed by atoms with van der Waals surface area (Å²) < 4.78 is 29.9. The van der Waals surface area contributed by atoms with Crippen molar-refractivity contribution in [1.29, 1.82) is 0 Å². The van der Waals surface area contributed by atoms with Crippen LogP contribution in [0.25, 0.3) is 0 Å². The van der Waals surface area contributed by atoms with E-state index in [4.69, 9.17) is 5.10 Å². The summed E-state index contributed by atoms with van der Waals surface area (Å²) in [4.78, 5) is 15.1. The first kappa shape index (κ1) is 25.5. The Morgan fingerprint density at radius 3 is 2.24 bits per heavy atom. The van der Waals surface area contributed by atoms with Gasteiger partial charge in [0.1, 0.15) is 5.69 Å². The molecule has 3 aromatic rings. The first-order valence-electron chi connectivity index (χ1n) is 11.2. The van der Waals surface area contributed by atoms with Crippen molar-refractivity contribution >= 4 is 21.6 Å². The number of benzene rings is 2. The van der Waals surface area contributed by atoms with Gasteiger partial charge in [-0.25, -0.2) is 13.1 Å². The SMILES string of the molecule is Cc1cc(C)c(Cn2nc(C(C)(C)C)cc2C(=O)NS(=O)(=O)c2cccc(N(C)C)c2)c(C)c1.[HH]. The Hall–Kier alpha value is -3.13. The van der Waals surface area contributed by atoms with Crippen molar-refractivity contribution in [1.82, 2.24) is 14.5 Å². The second-order valence-corrected chi connectivity index (χ2v) is 11.7. The van der Waals surface area contributed by atoms with Gasteiger partial charge >= 0.3 is 0 Å². The van der Waals surface area contributed by atoms with Gasteiger partial charge in [-0.05, 0) is 61.7 Å². The number of sulfonamides is 1. The van der Waals surface area contributed by atoms with E-state index in [1.54, 1.807) is 27.8 Å². The molecule has 1 N–H and O–H groups in total. The van der Waals surface area contributed by atoms with Gasteiger partial charge in [-0.1, -0.05) is 44.5 Å². The van der Waals surface area contributed by atoms with Gasteiger partial charge in [0.05, 0.1) is 17.1 Å². The summed E-state index contributed by atoms with van der Waals surface area (Å²) >= 11 is 0. The molecule has 1 aromatic heterocycles. The predicted octanol–water partition coefficient (Wildman–Crippen LogP) is 4.58. The quantitative estimate of drug-likeness (QED) is 0.553. The summed E-state index contributed by atoms with van der Waals surface area (Å²) in [5, 5.41) is 4.70. The molecule has 0 aliphatic heterocycles. The number of rotatable bonds is 6. The highest BCUT2D eigenvalue weighted by atomic mass is 32.2. The van der Waals surface area contributed by atoms with Crippen molar-refractivity contribution in [3.63, 3.8) is 0 Å². The number of carbonyl (C=O) groups is 1. The van der Waals surface area contributed by atoms with Crippen LogP contribution >= 0.6 is 0 Å². The van der Waals surface area contributed by atoms with Crippen LogP contribution < -0.4 is 9.62 Å². The second-order valence-electron chi connectivity index (χ2n) is 10.0. The zero-order valence-corrected chi connectivity index (χ0v) is 22.0. The molecule has 0 fully saturated rings. The minimum Gasteiger partial charge on any atom is -0.378 e. The molecule has 0 saturated heterocycles. The molecule has 2 aromatic carbocycles. The van der Waals surface area contributed by atoms with Crippen LogP contribution in [0.4, 0.5) is 5.69 Å². The van der Waals surface area contributed by atoms with E-state index in [2.05, 4.69) is 16.9 Å². The Kier molecular flexibility index (Phi) is 6.94. The number of hydrogen-bond donors (Lipinski definition) is 1. The number of aromatic nitrogens is 2. The lowest BCUT2D eigenvalue weighted by Crippen LogP contribution is -2.32. The van der Waals surface area contributed by atoms with Crippen LogP contribution in [0.2, 0.25) is 0 Å². The highest BCUT2D eigenvalue weighted by Gasteiger charge is 2.26. The minimum atomic E-state index is -4.07. The number of hydrogen-bond acceptors (Lipinski definition) is 5. The molecular weight excluding hydrogens is 448 g/mol. The van der Waals surface area contributed by atoms with Crippen LogP contribution in [-0.4, -0.2) is 38.2 Å². The predicted molar refractivity (Wildman–Crippen MR) is 138 cm³/mol. The number of nitrogens with zero attached hydrogens (tertiary/aromatic N) is 3. The van der Waals surface area contributed by atoms with Crippen molar-refractivity contribution in [2.45, 2.75) is 58.4 Å². The molecule has 0 radical (unpaired) electrons. The molecule has 0 spiro atoms. The van der Waals surface area contributed by atoms with Crippen LogP contribution in [0.3, 0.4) is 0 Å². The first-order chi connectivity index (χ1) is 15.7. The molecule has 0 bridgehead atoms. The summed E-state index contributed by atoms with van der Waals surface area (Å²) in [5.74, 6) is -0.708. The average Bonchev–Trinajstić information content (AvgIpc) is 3.15. The highest BCUT2D eigenvalue weighted by Crippen LogP contribution is 2.25. The summed E-state index contributed by atoms with van der Waals surface area (Å²) in [6.07, 6.45) is 0. The van der Waals surface area contributed by atoms with Crippen molar-refractivity contribution in [3.8, 4) is 0 Å². The van der Waals surface area contributed by atoms with E-state index >= 15 is 0 Å². The van der Waals surface area contributed by atoms with E-state index in [9.17, 15) is 13.2 Å². The second kappa shape index (κ2) is 9.25. The molecular formula is C26H36N4O3S. The van der Waals surface area contributed by atoms with Gasteiger partial charge in [0, 0.05) is 26.6 Å².